The number of rotatable bonds is 9. The fourth-order valence-electron chi connectivity index (χ4n) is 3.28. The summed E-state index contributed by atoms with van der Waals surface area (Å²) in [6, 6.07) is 15.8. The van der Waals surface area contributed by atoms with E-state index >= 15 is 0 Å². The molecule has 2 aromatic carbocycles. The molecule has 0 saturated heterocycles. The number of hydrogen-bond acceptors (Lipinski definition) is 6. The number of thioether (sulfide) groups is 1. The molecule has 0 aliphatic rings. The Balaban J connectivity index is 1.55. The van der Waals surface area contributed by atoms with E-state index in [9.17, 15) is 4.79 Å². The van der Waals surface area contributed by atoms with E-state index in [2.05, 4.69) is 53.4 Å². The summed E-state index contributed by atoms with van der Waals surface area (Å²) in [5, 5.41) is 15.9. The van der Waals surface area contributed by atoms with Gasteiger partial charge >= 0.3 is 0 Å². The molecule has 34 heavy (non-hydrogen) atoms. The fourth-order valence-corrected chi connectivity index (χ4v) is 5.24. The summed E-state index contributed by atoms with van der Waals surface area (Å²) in [7, 11) is 0. The summed E-state index contributed by atoms with van der Waals surface area (Å²) in [4.78, 5) is 16.9. The number of halogens is 1. The zero-order chi connectivity index (χ0) is 24.1. The highest BCUT2D eigenvalue weighted by Gasteiger charge is 2.19. The van der Waals surface area contributed by atoms with Crippen molar-refractivity contribution in [2.75, 3.05) is 6.54 Å². The number of nitrogens with one attached hydrogen (secondary N) is 1. The lowest BCUT2D eigenvalue weighted by Crippen LogP contribution is -2.25. The van der Waals surface area contributed by atoms with Gasteiger partial charge in [0.2, 0.25) is 0 Å². The molecule has 9 heteroatoms. The number of thiazole rings is 1. The third-order valence-corrected chi connectivity index (χ3v) is 7.46. The molecule has 1 N–H and O–H groups in total. The maximum Gasteiger partial charge on any atom is 0.270 e. The monoisotopic (exact) mass is 511 g/mol. The van der Waals surface area contributed by atoms with Crippen molar-refractivity contribution in [2.24, 2.45) is 5.92 Å². The first-order valence-electron chi connectivity index (χ1n) is 11.0. The lowest BCUT2D eigenvalue weighted by atomic mass is 10.1. The van der Waals surface area contributed by atoms with Crippen LogP contribution in [0.1, 0.15) is 41.3 Å². The normalized spacial score (nSPS) is 11.2. The summed E-state index contributed by atoms with van der Waals surface area (Å²) < 4.78 is 2.01. The van der Waals surface area contributed by atoms with Crippen LogP contribution in [0.3, 0.4) is 0 Å². The summed E-state index contributed by atoms with van der Waals surface area (Å²) in [6.45, 7) is 6.98. The molecule has 1 amide bonds. The van der Waals surface area contributed by atoms with E-state index in [1.165, 1.54) is 28.7 Å². The molecule has 0 spiro atoms. The van der Waals surface area contributed by atoms with Crippen LogP contribution in [0, 0.1) is 12.8 Å². The van der Waals surface area contributed by atoms with E-state index in [0.717, 1.165) is 27.8 Å². The fraction of sp³-hybridized carbons (Fsp3) is 0.280. The van der Waals surface area contributed by atoms with Crippen LogP contribution in [-0.4, -0.2) is 32.2 Å². The minimum Gasteiger partial charge on any atom is -0.351 e. The Morgan fingerprint density at radius 2 is 1.91 bits per heavy atom. The van der Waals surface area contributed by atoms with Crippen LogP contribution in [0.25, 0.3) is 17.1 Å². The average molecular weight is 512 g/mol. The number of aryl methyl sites for hydroxylation is 1. The van der Waals surface area contributed by atoms with Gasteiger partial charge in [-0.3, -0.25) is 9.36 Å². The number of hydrogen-bond donors (Lipinski definition) is 1. The molecule has 0 bridgehead atoms. The first kappa shape index (κ1) is 24.4. The Morgan fingerprint density at radius 1 is 1.15 bits per heavy atom. The predicted molar refractivity (Wildman–Crippen MR) is 140 cm³/mol. The molecule has 0 aliphatic carbocycles. The topological polar surface area (TPSA) is 72.7 Å². The second-order valence-electron chi connectivity index (χ2n) is 8.31. The molecule has 6 nitrogen and oxygen atoms in total. The van der Waals surface area contributed by atoms with Gasteiger partial charge in [-0.05, 0) is 43.5 Å². The summed E-state index contributed by atoms with van der Waals surface area (Å²) in [5.74, 6) is 1.68. The van der Waals surface area contributed by atoms with Gasteiger partial charge in [0.05, 0.1) is 10.8 Å². The maximum absolute atomic E-state index is 12.4. The van der Waals surface area contributed by atoms with Crippen molar-refractivity contribution in [3.05, 3.63) is 75.2 Å². The SMILES string of the molecule is Cc1ccc(-n2c(SCc3nc(C(=O)NCCC(C)C)cs3)nnc2-c2ccccc2Cl)cc1. The molecule has 0 fully saturated rings. The molecule has 2 heterocycles. The third-order valence-electron chi connectivity index (χ3n) is 5.16. The number of aromatic nitrogens is 4. The molecule has 176 valence electrons. The first-order valence-corrected chi connectivity index (χ1v) is 13.3. The lowest BCUT2D eigenvalue weighted by Gasteiger charge is -2.11. The third kappa shape index (κ3) is 5.87. The van der Waals surface area contributed by atoms with E-state index in [1.54, 1.807) is 5.38 Å². The van der Waals surface area contributed by atoms with Crippen LogP contribution in [0.2, 0.25) is 5.02 Å². The van der Waals surface area contributed by atoms with Crippen LogP contribution in [0.5, 0.6) is 0 Å². The van der Waals surface area contributed by atoms with Crippen LogP contribution < -0.4 is 5.32 Å². The average Bonchev–Trinajstić information content (AvgIpc) is 3.45. The number of amides is 1. The Hall–Kier alpha value is -2.68. The second kappa shape index (κ2) is 11.2. The Kier molecular flexibility index (Phi) is 8.03. The van der Waals surface area contributed by atoms with Crippen molar-refractivity contribution in [3.63, 3.8) is 0 Å². The molecule has 0 atom stereocenters. The Morgan fingerprint density at radius 3 is 2.65 bits per heavy atom. The zero-order valence-corrected chi connectivity index (χ0v) is 21.7. The molecule has 4 aromatic rings. The van der Waals surface area contributed by atoms with E-state index in [1.807, 2.05) is 41.0 Å². The van der Waals surface area contributed by atoms with E-state index < -0.39 is 0 Å². The quantitative estimate of drug-likeness (QED) is 0.262. The number of nitrogens with zero attached hydrogens (tertiary/aromatic N) is 4. The predicted octanol–water partition coefficient (Wildman–Crippen LogP) is 6.42. The highest BCUT2D eigenvalue weighted by molar-refractivity contribution is 7.98. The van der Waals surface area contributed by atoms with E-state index in [4.69, 9.17) is 11.6 Å². The molecule has 0 unspecified atom stereocenters. The largest absolute Gasteiger partial charge is 0.351 e. The smallest absolute Gasteiger partial charge is 0.270 e. The molecule has 4 rings (SSSR count). The number of benzene rings is 2. The van der Waals surface area contributed by atoms with Crippen LogP contribution in [-0.2, 0) is 5.75 Å². The van der Waals surface area contributed by atoms with Crippen LogP contribution >= 0.6 is 34.7 Å². The van der Waals surface area contributed by atoms with E-state index in [0.29, 0.717) is 34.8 Å². The summed E-state index contributed by atoms with van der Waals surface area (Å²) in [6.07, 6.45) is 0.945. The lowest BCUT2D eigenvalue weighted by molar-refractivity contribution is 0.0947. The molecule has 0 saturated carbocycles. The highest BCUT2D eigenvalue weighted by Crippen LogP contribution is 2.33. The van der Waals surface area contributed by atoms with Gasteiger partial charge in [0.25, 0.3) is 5.91 Å². The summed E-state index contributed by atoms with van der Waals surface area (Å²) in [5.41, 5.74) is 3.41. The van der Waals surface area contributed by atoms with Crippen molar-refractivity contribution in [2.45, 2.75) is 38.1 Å². The van der Waals surface area contributed by atoms with Crippen LogP contribution in [0.15, 0.2) is 59.1 Å². The van der Waals surface area contributed by atoms with Crippen molar-refractivity contribution in [1.82, 2.24) is 25.1 Å². The van der Waals surface area contributed by atoms with Crippen molar-refractivity contribution < 1.29 is 4.79 Å². The van der Waals surface area contributed by atoms with Gasteiger partial charge in [-0.15, -0.1) is 21.5 Å². The minimum absolute atomic E-state index is 0.128. The van der Waals surface area contributed by atoms with Gasteiger partial charge < -0.3 is 5.32 Å². The Bertz CT molecular complexity index is 1270. The van der Waals surface area contributed by atoms with E-state index in [-0.39, 0.29) is 5.91 Å². The second-order valence-corrected chi connectivity index (χ2v) is 10.6. The van der Waals surface area contributed by atoms with Gasteiger partial charge in [0, 0.05) is 23.2 Å². The maximum atomic E-state index is 12.4. The van der Waals surface area contributed by atoms with Crippen molar-refractivity contribution >= 4 is 40.6 Å². The number of carbonyl (C=O) groups excluding carboxylic acids is 1. The van der Waals surface area contributed by atoms with Gasteiger partial charge in [-0.2, -0.15) is 0 Å². The molecule has 0 radical (unpaired) electrons. The van der Waals surface area contributed by atoms with Crippen molar-refractivity contribution in [1.29, 1.82) is 0 Å². The minimum atomic E-state index is -0.128. The Labute approximate surface area is 212 Å². The van der Waals surface area contributed by atoms with Gasteiger partial charge in [-0.25, -0.2) is 4.98 Å². The van der Waals surface area contributed by atoms with Crippen LogP contribution in [0.4, 0.5) is 0 Å². The standard InChI is InChI=1S/C25H26ClN5OS2/c1-16(2)12-13-27-24(32)21-14-33-22(28-21)15-34-25-30-29-23(19-6-4-5-7-20(19)26)31(25)18-10-8-17(3)9-11-18/h4-11,14,16H,12-13,15H2,1-3H3,(H,27,32). The molecular weight excluding hydrogens is 486 g/mol. The first-order chi connectivity index (χ1) is 16.4. The van der Waals surface area contributed by atoms with Gasteiger partial charge in [0.15, 0.2) is 11.0 Å². The van der Waals surface area contributed by atoms with Gasteiger partial charge in [-0.1, -0.05) is 67.0 Å². The highest BCUT2D eigenvalue weighted by atomic mass is 35.5. The molecule has 2 aromatic heterocycles. The molecule has 0 aliphatic heterocycles. The molecular formula is C25H26ClN5OS2. The zero-order valence-electron chi connectivity index (χ0n) is 19.3. The number of carbonyl (C=O) groups is 1. The van der Waals surface area contributed by atoms with Crippen molar-refractivity contribution in [3.8, 4) is 17.1 Å². The van der Waals surface area contributed by atoms with Gasteiger partial charge in [0.1, 0.15) is 10.7 Å². The summed E-state index contributed by atoms with van der Waals surface area (Å²) >= 11 is 9.48.